The van der Waals surface area contributed by atoms with E-state index >= 15 is 0 Å². The van der Waals surface area contributed by atoms with Gasteiger partial charge in [-0.2, -0.15) is 13.2 Å². The van der Waals surface area contributed by atoms with Gasteiger partial charge in [-0.3, -0.25) is 0 Å². The van der Waals surface area contributed by atoms with Gasteiger partial charge in [-0.1, -0.05) is 23.2 Å². The number of methoxy groups -OCH3 is 2. The lowest BCUT2D eigenvalue weighted by Crippen LogP contribution is -2.40. The molecule has 0 fully saturated rings. The number of phenolic OH excluding ortho intramolecular Hbond substituents is 1. The van der Waals surface area contributed by atoms with Crippen molar-refractivity contribution in [3.63, 3.8) is 0 Å². The van der Waals surface area contributed by atoms with Crippen LogP contribution in [0.2, 0.25) is 10.0 Å². The molecule has 2 aromatic rings. The van der Waals surface area contributed by atoms with Gasteiger partial charge in [0.25, 0.3) is 0 Å². The number of carbonyl (C=O) groups is 1. The fraction of sp³-hybridized carbons (Fsp3) is 0.211. The zero-order chi connectivity index (χ0) is 22.6. The topological polar surface area (TPSA) is 85.2 Å². The van der Waals surface area contributed by atoms with E-state index in [0.717, 1.165) is 6.08 Å². The van der Waals surface area contributed by atoms with Gasteiger partial charge in [0, 0.05) is 17.7 Å². The smallest absolute Gasteiger partial charge is 0.430 e. The predicted molar refractivity (Wildman–Crippen MR) is 104 cm³/mol. The van der Waals surface area contributed by atoms with Gasteiger partial charge in [0.1, 0.15) is 23.0 Å². The Labute approximate surface area is 179 Å². The van der Waals surface area contributed by atoms with E-state index in [-0.39, 0.29) is 27.8 Å². The molecule has 0 aliphatic carbocycles. The van der Waals surface area contributed by atoms with E-state index in [0.29, 0.717) is 10.8 Å². The van der Waals surface area contributed by atoms with Gasteiger partial charge in [-0.15, -0.1) is 0 Å². The standard InChI is InChI=1S/C12H8ClF3O4.C7H7ClO2/c1-19-6-2-5-3-7(11(17)18)10(12(14,15)16)20-9(5)8(13)4-6;1-10-5-2-3-7(9)6(8)4-5/h2-4,10H,1H3,(H,17,18);2-4,9H,1H3. The third-order valence-electron chi connectivity index (χ3n) is 3.81. The number of carboxylic acid groups (broad SMARTS) is 1. The lowest BCUT2D eigenvalue weighted by atomic mass is 10.0. The van der Waals surface area contributed by atoms with E-state index in [1.165, 1.54) is 25.3 Å². The van der Waals surface area contributed by atoms with Crippen molar-refractivity contribution >= 4 is 35.2 Å². The van der Waals surface area contributed by atoms with Crippen molar-refractivity contribution in [1.29, 1.82) is 0 Å². The summed E-state index contributed by atoms with van der Waals surface area (Å²) in [4.78, 5) is 10.9. The highest BCUT2D eigenvalue weighted by atomic mass is 35.5. The normalized spacial score (nSPS) is 15.0. The van der Waals surface area contributed by atoms with Crippen LogP contribution in [0.1, 0.15) is 5.56 Å². The Balaban J connectivity index is 0.000000269. The Kier molecular flexibility index (Phi) is 7.33. The van der Waals surface area contributed by atoms with Crippen molar-refractivity contribution in [2.24, 2.45) is 0 Å². The molecule has 1 aliphatic rings. The molecule has 0 radical (unpaired) electrons. The van der Waals surface area contributed by atoms with Crippen molar-refractivity contribution in [2.45, 2.75) is 12.3 Å². The Hall–Kier alpha value is -2.78. The highest BCUT2D eigenvalue weighted by Crippen LogP contribution is 2.42. The van der Waals surface area contributed by atoms with Gasteiger partial charge < -0.3 is 24.4 Å². The lowest BCUT2D eigenvalue weighted by Gasteiger charge is -2.27. The number of benzene rings is 2. The summed E-state index contributed by atoms with van der Waals surface area (Å²) in [5, 5.41) is 18.0. The van der Waals surface area contributed by atoms with Crippen molar-refractivity contribution < 1.29 is 42.4 Å². The molecule has 3 rings (SSSR count). The molecule has 0 saturated carbocycles. The molecule has 0 aromatic heterocycles. The second-order valence-corrected chi connectivity index (χ2v) is 6.60. The largest absolute Gasteiger partial charge is 0.506 e. The molecule has 162 valence electrons. The maximum Gasteiger partial charge on any atom is 0.430 e. The van der Waals surface area contributed by atoms with Crippen LogP contribution in [0.25, 0.3) is 6.08 Å². The van der Waals surface area contributed by atoms with E-state index in [9.17, 15) is 18.0 Å². The Morgan fingerprint density at radius 3 is 2.17 bits per heavy atom. The third-order valence-corrected chi connectivity index (χ3v) is 4.39. The first-order valence-corrected chi connectivity index (χ1v) is 8.81. The molecule has 11 heteroatoms. The molecule has 0 bridgehead atoms. The second kappa shape index (κ2) is 9.36. The molecular formula is C19H15Cl2F3O6. The average Bonchev–Trinajstić information content (AvgIpc) is 2.68. The molecule has 0 amide bonds. The van der Waals surface area contributed by atoms with Crippen LogP contribution in [0.4, 0.5) is 13.2 Å². The van der Waals surface area contributed by atoms with Gasteiger partial charge >= 0.3 is 12.1 Å². The summed E-state index contributed by atoms with van der Waals surface area (Å²) < 4.78 is 53.0. The molecule has 1 heterocycles. The summed E-state index contributed by atoms with van der Waals surface area (Å²) in [7, 11) is 2.89. The van der Waals surface area contributed by atoms with Gasteiger partial charge in [-0.25, -0.2) is 4.79 Å². The number of hydrogen-bond donors (Lipinski definition) is 2. The Morgan fingerprint density at radius 1 is 1.07 bits per heavy atom. The van der Waals surface area contributed by atoms with Crippen LogP contribution in [0.5, 0.6) is 23.0 Å². The first-order chi connectivity index (χ1) is 14.0. The van der Waals surface area contributed by atoms with Crippen LogP contribution in [0.3, 0.4) is 0 Å². The van der Waals surface area contributed by atoms with Crippen molar-refractivity contribution in [3.05, 3.63) is 51.5 Å². The summed E-state index contributed by atoms with van der Waals surface area (Å²) in [5.74, 6) is -0.939. The fourth-order valence-corrected chi connectivity index (χ4v) is 2.83. The minimum atomic E-state index is -4.86. The quantitative estimate of drug-likeness (QED) is 0.646. The van der Waals surface area contributed by atoms with Crippen molar-refractivity contribution in [3.8, 4) is 23.0 Å². The number of fused-ring (bicyclic) bond motifs is 1. The number of alkyl halides is 3. The molecule has 2 N–H and O–H groups in total. The van der Waals surface area contributed by atoms with Crippen molar-refractivity contribution in [1.82, 2.24) is 0 Å². The first kappa shape index (κ1) is 23.5. The van der Waals surface area contributed by atoms with Gasteiger partial charge in [-0.05, 0) is 24.3 Å². The molecule has 0 spiro atoms. The van der Waals surface area contributed by atoms with Gasteiger partial charge in [0.05, 0.1) is 29.8 Å². The zero-order valence-corrected chi connectivity index (χ0v) is 17.0. The summed E-state index contributed by atoms with van der Waals surface area (Å²) >= 11 is 11.4. The minimum Gasteiger partial charge on any atom is -0.506 e. The number of halogens is 5. The third kappa shape index (κ3) is 5.43. The number of rotatable bonds is 3. The van der Waals surface area contributed by atoms with Gasteiger partial charge in [0.15, 0.2) is 0 Å². The first-order valence-electron chi connectivity index (χ1n) is 8.06. The van der Waals surface area contributed by atoms with E-state index < -0.39 is 23.8 Å². The average molecular weight is 467 g/mol. The highest BCUT2D eigenvalue weighted by molar-refractivity contribution is 6.32. The van der Waals surface area contributed by atoms with Crippen LogP contribution in [0, 0.1) is 0 Å². The van der Waals surface area contributed by atoms with Crippen LogP contribution in [-0.2, 0) is 4.79 Å². The van der Waals surface area contributed by atoms with Crippen molar-refractivity contribution in [2.75, 3.05) is 14.2 Å². The fourth-order valence-electron chi connectivity index (χ4n) is 2.39. The Bertz CT molecular complexity index is 975. The number of carboxylic acids is 1. The minimum absolute atomic E-state index is 0.0717. The van der Waals surface area contributed by atoms with Gasteiger partial charge in [0.2, 0.25) is 6.10 Å². The van der Waals surface area contributed by atoms with Crippen LogP contribution < -0.4 is 14.2 Å². The zero-order valence-electron chi connectivity index (χ0n) is 15.5. The molecule has 2 aromatic carbocycles. The summed E-state index contributed by atoms with van der Waals surface area (Å²) in [5.41, 5.74) is -0.790. The van der Waals surface area contributed by atoms with E-state index in [4.69, 9.17) is 47.6 Å². The number of phenols is 1. The molecule has 0 saturated heterocycles. The lowest BCUT2D eigenvalue weighted by molar-refractivity contribution is -0.187. The maximum absolute atomic E-state index is 12.8. The SMILES string of the molecule is COc1cc(Cl)c2c(c1)C=C(C(=O)O)C(C(F)(F)F)O2.COc1ccc(O)c(Cl)c1. The summed E-state index contributed by atoms with van der Waals surface area (Å²) in [6.07, 6.45) is -6.53. The molecule has 1 unspecified atom stereocenters. The molecule has 1 atom stereocenters. The summed E-state index contributed by atoms with van der Waals surface area (Å²) in [6, 6.07) is 7.31. The summed E-state index contributed by atoms with van der Waals surface area (Å²) in [6.45, 7) is 0. The van der Waals surface area contributed by atoms with E-state index in [2.05, 4.69) is 0 Å². The molecule has 30 heavy (non-hydrogen) atoms. The number of hydrogen-bond acceptors (Lipinski definition) is 5. The highest BCUT2D eigenvalue weighted by Gasteiger charge is 2.48. The number of ether oxygens (including phenoxy) is 3. The second-order valence-electron chi connectivity index (χ2n) is 5.79. The van der Waals surface area contributed by atoms with Crippen LogP contribution in [0.15, 0.2) is 35.9 Å². The van der Waals surface area contributed by atoms with Crippen LogP contribution >= 0.6 is 23.2 Å². The number of aliphatic carboxylic acids is 1. The van der Waals surface area contributed by atoms with Crippen LogP contribution in [-0.4, -0.2) is 42.7 Å². The molecular weight excluding hydrogens is 452 g/mol. The predicted octanol–water partition coefficient (Wildman–Crippen LogP) is 5.19. The van der Waals surface area contributed by atoms with E-state index in [1.54, 1.807) is 19.2 Å². The monoisotopic (exact) mass is 466 g/mol. The number of aromatic hydroxyl groups is 1. The molecule has 1 aliphatic heterocycles. The molecule has 6 nitrogen and oxygen atoms in total. The maximum atomic E-state index is 12.8. The van der Waals surface area contributed by atoms with E-state index in [1.807, 2.05) is 0 Å². The Morgan fingerprint density at radius 2 is 1.67 bits per heavy atom.